The van der Waals surface area contributed by atoms with Crippen molar-refractivity contribution in [2.75, 3.05) is 19.8 Å². The molecule has 0 saturated carbocycles. The predicted molar refractivity (Wildman–Crippen MR) is 68.6 cm³/mol. The lowest BCUT2D eigenvalue weighted by molar-refractivity contribution is -0.129. The topological polar surface area (TPSA) is 77.0 Å². The van der Waals surface area contributed by atoms with E-state index in [0.29, 0.717) is 5.69 Å². The van der Waals surface area contributed by atoms with Gasteiger partial charge < -0.3 is 15.2 Å². The van der Waals surface area contributed by atoms with Crippen molar-refractivity contribution in [1.82, 2.24) is 19.4 Å². The Morgan fingerprint density at radius 1 is 1.39 bits per heavy atom. The first-order valence-electron chi connectivity index (χ1n) is 5.49. The van der Waals surface area contributed by atoms with Gasteiger partial charge in [-0.2, -0.15) is 0 Å². The van der Waals surface area contributed by atoms with Gasteiger partial charge in [0.2, 0.25) is 5.91 Å². The number of amides is 1. The van der Waals surface area contributed by atoms with Crippen LogP contribution in [0, 0.1) is 0 Å². The summed E-state index contributed by atoms with van der Waals surface area (Å²) < 4.78 is 1.76. The van der Waals surface area contributed by atoms with Crippen LogP contribution in [0.1, 0.15) is 0 Å². The molecular weight excluding hydrogens is 230 g/mol. The first-order valence-corrected chi connectivity index (χ1v) is 5.49. The molecular formula is C12H15N5O. The lowest BCUT2D eigenvalue weighted by Crippen LogP contribution is -2.26. The molecule has 0 aromatic carbocycles. The monoisotopic (exact) mass is 245 g/mol. The van der Waals surface area contributed by atoms with Crippen LogP contribution in [0.15, 0.2) is 31.0 Å². The summed E-state index contributed by atoms with van der Waals surface area (Å²) >= 11 is 0. The van der Waals surface area contributed by atoms with E-state index < -0.39 is 0 Å². The van der Waals surface area contributed by atoms with Crippen molar-refractivity contribution in [2.45, 2.75) is 6.54 Å². The van der Waals surface area contributed by atoms with E-state index in [4.69, 9.17) is 5.73 Å². The number of hydrogen-bond acceptors (Lipinski definition) is 4. The molecule has 2 rings (SSSR count). The van der Waals surface area contributed by atoms with Gasteiger partial charge >= 0.3 is 0 Å². The van der Waals surface area contributed by atoms with Crippen molar-refractivity contribution in [2.24, 2.45) is 0 Å². The van der Waals surface area contributed by atoms with Crippen molar-refractivity contribution in [1.29, 1.82) is 0 Å². The third kappa shape index (κ3) is 2.32. The Hall–Kier alpha value is -2.37. The van der Waals surface area contributed by atoms with Crippen molar-refractivity contribution < 1.29 is 4.79 Å². The molecule has 2 aromatic heterocycles. The quantitative estimate of drug-likeness (QED) is 0.859. The van der Waals surface area contributed by atoms with Crippen LogP contribution in [-0.4, -0.2) is 39.4 Å². The molecule has 0 aliphatic rings. The summed E-state index contributed by atoms with van der Waals surface area (Å²) in [5, 5.41) is 0. The van der Waals surface area contributed by atoms with E-state index in [2.05, 4.69) is 9.97 Å². The van der Waals surface area contributed by atoms with Gasteiger partial charge in [-0.15, -0.1) is 0 Å². The molecule has 18 heavy (non-hydrogen) atoms. The lowest BCUT2D eigenvalue weighted by atomic mass is 10.2. The minimum absolute atomic E-state index is 0.00304. The van der Waals surface area contributed by atoms with Crippen LogP contribution in [0.4, 0.5) is 5.69 Å². The molecule has 0 bridgehead atoms. The van der Waals surface area contributed by atoms with E-state index in [1.165, 1.54) is 4.90 Å². The number of nitrogens with zero attached hydrogens (tertiary/aromatic N) is 4. The van der Waals surface area contributed by atoms with E-state index in [1.807, 2.05) is 0 Å². The van der Waals surface area contributed by atoms with Crippen LogP contribution in [0.5, 0.6) is 0 Å². The molecule has 1 amide bonds. The minimum atomic E-state index is -0.00304. The second kappa shape index (κ2) is 4.87. The number of pyridine rings is 1. The number of nitrogen functional groups attached to an aromatic ring is 1. The molecule has 0 spiro atoms. The molecule has 0 aliphatic heterocycles. The number of aromatic nitrogens is 3. The molecule has 0 atom stereocenters. The smallest absolute Gasteiger partial charge is 0.242 e. The zero-order valence-electron chi connectivity index (χ0n) is 10.4. The largest absolute Gasteiger partial charge is 0.398 e. The minimum Gasteiger partial charge on any atom is -0.398 e. The second-order valence-corrected chi connectivity index (χ2v) is 4.16. The number of likely N-dealkylation sites (N-methyl/N-ethyl adjacent to an activating group) is 1. The molecule has 94 valence electrons. The Morgan fingerprint density at radius 2 is 2.17 bits per heavy atom. The summed E-state index contributed by atoms with van der Waals surface area (Å²) in [6, 6.07) is 1.72. The van der Waals surface area contributed by atoms with Crippen LogP contribution in [0.3, 0.4) is 0 Å². The van der Waals surface area contributed by atoms with Gasteiger partial charge in [-0.25, -0.2) is 4.98 Å². The molecule has 0 fully saturated rings. The average molecular weight is 245 g/mol. The van der Waals surface area contributed by atoms with E-state index >= 15 is 0 Å². The Bertz CT molecular complexity index is 561. The van der Waals surface area contributed by atoms with Gasteiger partial charge in [0.05, 0.1) is 18.2 Å². The maximum Gasteiger partial charge on any atom is 0.242 e. The maximum atomic E-state index is 11.7. The van der Waals surface area contributed by atoms with Crippen LogP contribution in [0.2, 0.25) is 0 Å². The number of rotatable bonds is 3. The standard InChI is InChI=1S/C12H15N5O/c1-16(2)12(18)7-17-8-15-6-11(17)9-5-14-4-3-10(9)13/h3-6,8H,7H2,1-2H3,(H2,13,14). The predicted octanol–water partition coefficient (Wildman–Crippen LogP) is 0.615. The highest BCUT2D eigenvalue weighted by molar-refractivity contribution is 5.78. The van der Waals surface area contributed by atoms with Crippen molar-refractivity contribution in [3.63, 3.8) is 0 Å². The van der Waals surface area contributed by atoms with Crippen molar-refractivity contribution in [3.8, 4) is 11.3 Å². The molecule has 6 heteroatoms. The van der Waals surface area contributed by atoms with Gasteiger partial charge in [0.1, 0.15) is 6.54 Å². The third-order valence-corrected chi connectivity index (χ3v) is 2.65. The van der Waals surface area contributed by atoms with Gasteiger partial charge in [0.15, 0.2) is 0 Å². The van der Waals surface area contributed by atoms with Gasteiger partial charge in [-0.05, 0) is 6.07 Å². The number of carbonyl (C=O) groups is 1. The zero-order valence-corrected chi connectivity index (χ0v) is 10.4. The van der Waals surface area contributed by atoms with E-state index in [-0.39, 0.29) is 12.5 Å². The summed E-state index contributed by atoms with van der Waals surface area (Å²) in [5.41, 5.74) is 8.08. The number of anilines is 1. The van der Waals surface area contributed by atoms with Crippen molar-refractivity contribution >= 4 is 11.6 Å². The maximum absolute atomic E-state index is 11.7. The molecule has 2 heterocycles. The molecule has 6 nitrogen and oxygen atoms in total. The summed E-state index contributed by atoms with van der Waals surface area (Å²) in [4.78, 5) is 21.3. The van der Waals surface area contributed by atoms with Crippen LogP contribution in [-0.2, 0) is 11.3 Å². The number of imidazole rings is 1. The van der Waals surface area contributed by atoms with Crippen LogP contribution in [0.25, 0.3) is 11.3 Å². The number of hydrogen-bond donors (Lipinski definition) is 1. The van der Waals surface area contributed by atoms with Gasteiger partial charge in [0, 0.05) is 37.7 Å². The summed E-state index contributed by atoms with van der Waals surface area (Å²) in [5.74, 6) is -0.00304. The first kappa shape index (κ1) is 12.1. The van der Waals surface area contributed by atoms with Crippen LogP contribution >= 0.6 is 0 Å². The number of carbonyl (C=O) groups excluding carboxylic acids is 1. The average Bonchev–Trinajstić information content (AvgIpc) is 2.77. The summed E-state index contributed by atoms with van der Waals surface area (Å²) in [6.07, 6.45) is 6.59. The van der Waals surface area contributed by atoms with Gasteiger partial charge in [-0.3, -0.25) is 9.78 Å². The van der Waals surface area contributed by atoms with Gasteiger partial charge in [0.25, 0.3) is 0 Å². The number of nitrogens with two attached hydrogens (primary N) is 1. The summed E-state index contributed by atoms with van der Waals surface area (Å²) in [7, 11) is 3.44. The Balaban J connectivity index is 2.34. The fourth-order valence-electron chi connectivity index (χ4n) is 1.58. The SMILES string of the molecule is CN(C)C(=O)Cn1cncc1-c1cnccc1N. The molecule has 0 aliphatic carbocycles. The fraction of sp³-hybridized carbons (Fsp3) is 0.250. The molecule has 2 aromatic rings. The Kier molecular flexibility index (Phi) is 3.27. The second-order valence-electron chi connectivity index (χ2n) is 4.16. The highest BCUT2D eigenvalue weighted by Gasteiger charge is 2.12. The van der Waals surface area contributed by atoms with E-state index in [9.17, 15) is 4.79 Å². The lowest BCUT2D eigenvalue weighted by Gasteiger charge is -2.13. The van der Waals surface area contributed by atoms with E-state index in [0.717, 1.165) is 11.3 Å². The van der Waals surface area contributed by atoms with Crippen molar-refractivity contribution in [3.05, 3.63) is 31.0 Å². The molecule has 0 saturated heterocycles. The first-order chi connectivity index (χ1) is 8.59. The molecule has 2 N–H and O–H groups in total. The zero-order chi connectivity index (χ0) is 13.1. The van der Waals surface area contributed by atoms with Crippen LogP contribution < -0.4 is 5.73 Å². The highest BCUT2D eigenvalue weighted by Crippen LogP contribution is 2.23. The molecule has 0 unspecified atom stereocenters. The fourth-order valence-corrected chi connectivity index (χ4v) is 1.58. The Labute approximate surface area is 105 Å². The highest BCUT2D eigenvalue weighted by atomic mass is 16.2. The Morgan fingerprint density at radius 3 is 2.83 bits per heavy atom. The van der Waals surface area contributed by atoms with E-state index in [1.54, 1.807) is 49.6 Å². The molecule has 0 radical (unpaired) electrons. The third-order valence-electron chi connectivity index (χ3n) is 2.65. The normalized spacial score (nSPS) is 10.3. The summed E-state index contributed by atoms with van der Waals surface area (Å²) in [6.45, 7) is 0.233. The van der Waals surface area contributed by atoms with Gasteiger partial charge in [-0.1, -0.05) is 0 Å².